The van der Waals surface area contributed by atoms with Crippen molar-refractivity contribution in [2.45, 2.75) is 6.61 Å². The van der Waals surface area contributed by atoms with E-state index in [-0.39, 0.29) is 6.61 Å². The minimum atomic E-state index is 0.113. The van der Waals surface area contributed by atoms with Crippen LogP contribution >= 0.6 is 11.3 Å². The van der Waals surface area contributed by atoms with E-state index in [9.17, 15) is 4.79 Å². The largest absolute Gasteiger partial charge is 0.493 e. The molecular formula is C13H13O5S. The molecule has 2 aromatic rings. The highest BCUT2D eigenvalue weighted by Gasteiger charge is 2.17. The standard InChI is InChI=1S/C13H13O5S/c1-15-10-4-8-9(6-18-7-14)13(17-3)19-12(8)5-11(10)16-2/h4-5H,6H2,1-3H3. The fraction of sp³-hybridized carbons (Fsp3) is 0.308. The van der Waals surface area contributed by atoms with Crippen molar-refractivity contribution >= 4 is 27.9 Å². The number of hydrogen-bond donors (Lipinski definition) is 0. The van der Waals surface area contributed by atoms with Gasteiger partial charge in [0.05, 0.1) is 26.9 Å². The third-order valence-corrected chi connectivity index (χ3v) is 3.88. The normalized spacial score (nSPS) is 10.3. The van der Waals surface area contributed by atoms with Crippen LogP contribution in [0.1, 0.15) is 5.56 Å². The molecule has 0 spiro atoms. The number of benzene rings is 1. The lowest BCUT2D eigenvalue weighted by molar-refractivity contribution is 0.264. The molecule has 0 aliphatic rings. The molecule has 5 nitrogen and oxygen atoms in total. The molecule has 6 heteroatoms. The van der Waals surface area contributed by atoms with Gasteiger partial charge in [-0.25, -0.2) is 4.79 Å². The molecule has 0 aliphatic heterocycles. The Hall–Kier alpha value is -1.95. The van der Waals surface area contributed by atoms with Gasteiger partial charge in [-0.1, -0.05) is 11.3 Å². The molecule has 2 rings (SSSR count). The quantitative estimate of drug-likeness (QED) is 0.814. The summed E-state index contributed by atoms with van der Waals surface area (Å²) < 4.78 is 21.5. The Kier molecular flexibility index (Phi) is 4.11. The van der Waals surface area contributed by atoms with Gasteiger partial charge in [0.15, 0.2) is 16.6 Å². The second-order valence-electron chi connectivity index (χ2n) is 3.65. The van der Waals surface area contributed by atoms with E-state index in [4.69, 9.17) is 18.9 Å². The van der Waals surface area contributed by atoms with Crippen molar-refractivity contribution in [1.29, 1.82) is 0 Å². The Morgan fingerprint density at radius 3 is 2.37 bits per heavy atom. The molecule has 1 aromatic carbocycles. The fourth-order valence-corrected chi connectivity index (χ4v) is 2.89. The van der Waals surface area contributed by atoms with Gasteiger partial charge in [0.2, 0.25) is 0 Å². The van der Waals surface area contributed by atoms with E-state index < -0.39 is 0 Å². The molecule has 0 unspecified atom stereocenters. The maximum Gasteiger partial charge on any atom is 0.417 e. The number of methoxy groups -OCH3 is 3. The van der Waals surface area contributed by atoms with Gasteiger partial charge < -0.3 is 18.9 Å². The molecule has 0 aliphatic carbocycles. The predicted molar refractivity (Wildman–Crippen MR) is 72.0 cm³/mol. The molecule has 0 fully saturated rings. The van der Waals surface area contributed by atoms with Crippen LogP contribution in [-0.4, -0.2) is 27.8 Å². The van der Waals surface area contributed by atoms with Crippen LogP contribution in [0.4, 0.5) is 0 Å². The highest BCUT2D eigenvalue weighted by Crippen LogP contribution is 2.43. The van der Waals surface area contributed by atoms with Crippen LogP contribution in [0.25, 0.3) is 10.1 Å². The van der Waals surface area contributed by atoms with E-state index in [2.05, 4.69) is 0 Å². The van der Waals surface area contributed by atoms with Crippen LogP contribution in [0, 0.1) is 0 Å². The van der Waals surface area contributed by atoms with Gasteiger partial charge in [-0.05, 0) is 6.07 Å². The summed E-state index contributed by atoms with van der Waals surface area (Å²) in [4.78, 5) is 10.2. The molecule has 0 amide bonds. The summed E-state index contributed by atoms with van der Waals surface area (Å²) >= 11 is 1.46. The van der Waals surface area contributed by atoms with E-state index in [0.717, 1.165) is 15.6 Å². The molecular weight excluding hydrogens is 268 g/mol. The third kappa shape index (κ3) is 2.44. The lowest BCUT2D eigenvalue weighted by atomic mass is 10.1. The predicted octanol–water partition coefficient (Wildman–Crippen LogP) is 2.51. The van der Waals surface area contributed by atoms with Gasteiger partial charge in [-0.3, -0.25) is 0 Å². The van der Waals surface area contributed by atoms with Crippen LogP contribution in [0.15, 0.2) is 12.1 Å². The monoisotopic (exact) mass is 281 g/mol. The van der Waals surface area contributed by atoms with Gasteiger partial charge in [0.1, 0.15) is 6.61 Å². The first kappa shape index (κ1) is 13.5. The maximum absolute atomic E-state index is 10.2. The van der Waals surface area contributed by atoms with Crippen LogP contribution in [0.3, 0.4) is 0 Å². The zero-order valence-electron chi connectivity index (χ0n) is 10.8. The SMILES string of the molecule is COc1cc2sc(OC)c(CO[C]=O)c2cc1OC. The smallest absolute Gasteiger partial charge is 0.417 e. The van der Waals surface area contributed by atoms with Gasteiger partial charge in [-0.15, -0.1) is 0 Å². The summed E-state index contributed by atoms with van der Waals surface area (Å²) in [6.07, 6.45) is 0. The number of thiophene rings is 1. The first-order valence-corrected chi connectivity index (χ1v) is 6.27. The fourth-order valence-electron chi connectivity index (χ4n) is 1.86. The van der Waals surface area contributed by atoms with Crippen molar-refractivity contribution < 1.29 is 23.7 Å². The van der Waals surface area contributed by atoms with E-state index >= 15 is 0 Å². The van der Waals surface area contributed by atoms with Crippen molar-refractivity contribution in [2.75, 3.05) is 21.3 Å². The molecule has 1 aromatic heterocycles. The third-order valence-electron chi connectivity index (χ3n) is 2.72. The molecule has 1 radical (unpaired) electrons. The summed E-state index contributed by atoms with van der Waals surface area (Å²) in [7, 11) is 4.73. The minimum absolute atomic E-state index is 0.113. The molecule has 101 valence electrons. The first-order valence-electron chi connectivity index (χ1n) is 5.45. The summed E-state index contributed by atoms with van der Waals surface area (Å²) in [6.45, 7) is 1.53. The highest BCUT2D eigenvalue weighted by molar-refractivity contribution is 7.21. The molecule has 0 bridgehead atoms. The van der Waals surface area contributed by atoms with E-state index in [0.29, 0.717) is 16.6 Å². The number of rotatable bonds is 6. The molecule has 19 heavy (non-hydrogen) atoms. The maximum atomic E-state index is 10.2. The number of hydrogen-bond acceptors (Lipinski definition) is 6. The van der Waals surface area contributed by atoms with Crippen molar-refractivity contribution in [3.05, 3.63) is 17.7 Å². The zero-order valence-corrected chi connectivity index (χ0v) is 11.6. The van der Waals surface area contributed by atoms with E-state index in [1.54, 1.807) is 21.3 Å². The molecule has 1 heterocycles. The van der Waals surface area contributed by atoms with E-state index in [1.807, 2.05) is 12.1 Å². The Bertz CT molecular complexity index is 590. The van der Waals surface area contributed by atoms with Gasteiger partial charge in [0.25, 0.3) is 0 Å². The zero-order chi connectivity index (χ0) is 13.8. The first-order chi connectivity index (χ1) is 9.24. The van der Waals surface area contributed by atoms with Gasteiger partial charge in [-0.2, -0.15) is 0 Å². The lowest BCUT2D eigenvalue weighted by Crippen LogP contribution is -1.93. The van der Waals surface area contributed by atoms with Crippen LogP contribution in [-0.2, 0) is 16.1 Å². The Labute approximate surface area is 114 Å². The van der Waals surface area contributed by atoms with Crippen LogP contribution in [0.5, 0.6) is 16.6 Å². The van der Waals surface area contributed by atoms with Crippen molar-refractivity contribution in [3.63, 3.8) is 0 Å². The average molecular weight is 281 g/mol. The summed E-state index contributed by atoms with van der Waals surface area (Å²) in [5.41, 5.74) is 0.798. The van der Waals surface area contributed by atoms with E-state index in [1.165, 1.54) is 17.8 Å². The average Bonchev–Trinajstić information content (AvgIpc) is 2.80. The Morgan fingerprint density at radius 1 is 1.11 bits per heavy atom. The second kappa shape index (κ2) is 5.79. The summed E-state index contributed by atoms with van der Waals surface area (Å²) in [5, 5.41) is 1.61. The van der Waals surface area contributed by atoms with Crippen molar-refractivity contribution in [2.24, 2.45) is 0 Å². The topological polar surface area (TPSA) is 54.0 Å². The lowest BCUT2D eigenvalue weighted by Gasteiger charge is -2.07. The summed E-state index contributed by atoms with van der Waals surface area (Å²) in [5.74, 6) is 1.26. The van der Waals surface area contributed by atoms with Crippen molar-refractivity contribution in [1.82, 2.24) is 0 Å². The Morgan fingerprint density at radius 2 is 1.79 bits per heavy atom. The minimum Gasteiger partial charge on any atom is -0.493 e. The van der Waals surface area contributed by atoms with Crippen molar-refractivity contribution in [3.8, 4) is 16.6 Å². The molecule has 0 N–H and O–H groups in total. The Balaban J connectivity index is 2.60. The second-order valence-corrected chi connectivity index (χ2v) is 4.66. The number of ether oxygens (including phenoxy) is 4. The molecule has 0 atom stereocenters. The van der Waals surface area contributed by atoms with Crippen LogP contribution < -0.4 is 14.2 Å². The number of carbonyl (C=O) groups excluding carboxylic acids is 1. The number of fused-ring (bicyclic) bond motifs is 1. The molecule has 0 saturated heterocycles. The summed E-state index contributed by atoms with van der Waals surface area (Å²) in [6, 6.07) is 3.71. The highest BCUT2D eigenvalue weighted by atomic mass is 32.1. The van der Waals surface area contributed by atoms with Gasteiger partial charge >= 0.3 is 6.47 Å². The molecule has 0 saturated carbocycles. The van der Waals surface area contributed by atoms with Gasteiger partial charge in [0, 0.05) is 16.2 Å². The van der Waals surface area contributed by atoms with Crippen LogP contribution in [0.2, 0.25) is 0 Å².